The van der Waals surface area contributed by atoms with E-state index in [2.05, 4.69) is 0 Å². The van der Waals surface area contributed by atoms with Gasteiger partial charge in [-0.15, -0.1) is 0 Å². The maximum atomic E-state index is 14.0. The fourth-order valence-electron chi connectivity index (χ4n) is 5.26. The first-order valence-corrected chi connectivity index (χ1v) is 10.9. The first-order valence-electron chi connectivity index (χ1n) is 10.9. The molecule has 0 spiro atoms. The van der Waals surface area contributed by atoms with Crippen LogP contribution < -0.4 is 5.73 Å². The van der Waals surface area contributed by atoms with Crippen molar-refractivity contribution in [1.29, 1.82) is 0 Å². The van der Waals surface area contributed by atoms with E-state index in [0.29, 0.717) is 45.2 Å². The molecule has 4 rings (SSSR count). The number of morpholine rings is 1. The summed E-state index contributed by atoms with van der Waals surface area (Å²) >= 11 is 0. The molecule has 3 saturated heterocycles. The molecule has 0 aliphatic carbocycles. The Labute approximate surface area is 179 Å². The fraction of sp³-hybridized carbons (Fsp3) is 0.636. The van der Waals surface area contributed by atoms with Crippen molar-refractivity contribution in [2.75, 3.05) is 26.3 Å². The standard InChI is InChI=1S/C22H28F3N3O3/c23-17-11-19(25)18(24)9-13(17)10-20(26)14-7-15-1-2-16(8-14)28(15)22(30)12-21(29)27-3-5-31-6-4-27/h9,11,14-16,20H,1-8,10,12,26H2/t14?,15-,16+,20-/m1/s1. The summed E-state index contributed by atoms with van der Waals surface area (Å²) in [4.78, 5) is 28.9. The van der Waals surface area contributed by atoms with Crippen molar-refractivity contribution in [3.05, 3.63) is 35.1 Å². The third-order valence-electron chi connectivity index (χ3n) is 6.87. The molecule has 4 atom stereocenters. The zero-order valence-electron chi connectivity index (χ0n) is 17.4. The molecule has 1 aromatic rings. The highest BCUT2D eigenvalue weighted by Crippen LogP contribution is 2.40. The molecule has 0 radical (unpaired) electrons. The molecule has 1 unspecified atom stereocenters. The number of amides is 2. The number of benzene rings is 1. The Morgan fingerprint density at radius 2 is 1.61 bits per heavy atom. The number of carbonyl (C=O) groups excluding carboxylic acids is 2. The number of hydrogen-bond acceptors (Lipinski definition) is 4. The predicted octanol–water partition coefficient (Wildman–Crippen LogP) is 1.99. The summed E-state index contributed by atoms with van der Waals surface area (Å²) in [5.74, 6) is -3.38. The third-order valence-corrected chi connectivity index (χ3v) is 6.87. The maximum absolute atomic E-state index is 14.0. The number of carbonyl (C=O) groups is 2. The normalized spacial score (nSPS) is 26.8. The van der Waals surface area contributed by atoms with Crippen molar-refractivity contribution in [2.45, 2.75) is 56.7 Å². The molecule has 31 heavy (non-hydrogen) atoms. The number of nitrogens with two attached hydrogens (primary N) is 1. The molecule has 170 valence electrons. The molecular weight excluding hydrogens is 411 g/mol. The molecule has 6 nitrogen and oxygen atoms in total. The summed E-state index contributed by atoms with van der Waals surface area (Å²) in [5, 5.41) is 0. The average Bonchev–Trinajstić information content (AvgIpc) is 3.02. The minimum atomic E-state index is -1.22. The Bertz CT molecular complexity index is 833. The van der Waals surface area contributed by atoms with Gasteiger partial charge in [0.15, 0.2) is 11.6 Å². The number of rotatable bonds is 5. The van der Waals surface area contributed by atoms with Gasteiger partial charge in [0.2, 0.25) is 11.8 Å². The van der Waals surface area contributed by atoms with E-state index < -0.39 is 23.5 Å². The second-order valence-corrected chi connectivity index (χ2v) is 8.81. The molecule has 2 N–H and O–H groups in total. The average molecular weight is 439 g/mol. The maximum Gasteiger partial charge on any atom is 0.232 e. The van der Waals surface area contributed by atoms with Gasteiger partial charge in [-0.3, -0.25) is 9.59 Å². The van der Waals surface area contributed by atoms with Crippen LogP contribution in [0, 0.1) is 23.4 Å². The second-order valence-electron chi connectivity index (χ2n) is 8.81. The van der Waals surface area contributed by atoms with Gasteiger partial charge in [-0.05, 0) is 49.7 Å². The van der Waals surface area contributed by atoms with E-state index >= 15 is 0 Å². The molecule has 9 heteroatoms. The second kappa shape index (κ2) is 9.16. The highest BCUT2D eigenvalue weighted by molar-refractivity contribution is 5.97. The first-order chi connectivity index (χ1) is 14.8. The molecule has 3 aliphatic heterocycles. The van der Waals surface area contributed by atoms with Gasteiger partial charge in [0.1, 0.15) is 12.2 Å². The highest BCUT2D eigenvalue weighted by atomic mass is 19.2. The van der Waals surface area contributed by atoms with Crippen molar-refractivity contribution >= 4 is 11.8 Å². The topological polar surface area (TPSA) is 75.9 Å². The zero-order valence-corrected chi connectivity index (χ0v) is 17.4. The van der Waals surface area contributed by atoms with Gasteiger partial charge in [-0.1, -0.05) is 0 Å². The van der Waals surface area contributed by atoms with E-state index in [1.54, 1.807) is 4.90 Å². The van der Waals surface area contributed by atoms with Crippen LogP contribution in [0.15, 0.2) is 12.1 Å². The molecule has 1 aromatic carbocycles. The van der Waals surface area contributed by atoms with Gasteiger partial charge in [0.25, 0.3) is 0 Å². The van der Waals surface area contributed by atoms with E-state index in [1.807, 2.05) is 4.90 Å². The summed E-state index contributed by atoms with van der Waals surface area (Å²) in [6.07, 6.45) is 3.01. The van der Waals surface area contributed by atoms with E-state index in [1.165, 1.54) is 0 Å². The van der Waals surface area contributed by atoms with Crippen LogP contribution in [0.5, 0.6) is 0 Å². The molecule has 2 bridgehead atoms. The third kappa shape index (κ3) is 4.72. The van der Waals surface area contributed by atoms with Crippen LogP contribution in [0.3, 0.4) is 0 Å². The van der Waals surface area contributed by atoms with Crippen LogP contribution in [0.4, 0.5) is 13.2 Å². The van der Waals surface area contributed by atoms with Crippen molar-refractivity contribution in [3.63, 3.8) is 0 Å². The zero-order chi connectivity index (χ0) is 22.1. The quantitative estimate of drug-likeness (QED) is 0.563. The Morgan fingerprint density at radius 3 is 2.26 bits per heavy atom. The van der Waals surface area contributed by atoms with Crippen molar-refractivity contribution < 1.29 is 27.5 Å². The summed E-state index contributed by atoms with van der Waals surface area (Å²) in [7, 11) is 0. The summed E-state index contributed by atoms with van der Waals surface area (Å²) < 4.78 is 45.9. The molecule has 0 aromatic heterocycles. The SMILES string of the molecule is N[C@H](Cc1cc(F)c(F)cc1F)C1C[C@H]2CC[C@@H](C1)N2C(=O)CC(=O)N1CCOCC1. The van der Waals surface area contributed by atoms with E-state index in [4.69, 9.17) is 10.5 Å². The van der Waals surface area contributed by atoms with Crippen molar-refractivity contribution in [1.82, 2.24) is 9.80 Å². The summed E-state index contributed by atoms with van der Waals surface area (Å²) in [5.41, 5.74) is 6.39. The largest absolute Gasteiger partial charge is 0.378 e. The molecular formula is C22H28F3N3O3. The lowest BCUT2D eigenvalue weighted by atomic mass is 9.82. The molecule has 3 aliphatic rings. The summed E-state index contributed by atoms with van der Waals surface area (Å²) in [6.45, 7) is 2.01. The van der Waals surface area contributed by atoms with Gasteiger partial charge >= 0.3 is 0 Å². The monoisotopic (exact) mass is 439 g/mol. The molecule has 3 heterocycles. The Kier molecular flexibility index (Phi) is 6.52. The van der Waals surface area contributed by atoms with Gasteiger partial charge in [0.05, 0.1) is 13.2 Å². The molecule has 3 fully saturated rings. The number of hydrogen-bond donors (Lipinski definition) is 1. The van der Waals surface area contributed by atoms with Crippen molar-refractivity contribution in [2.24, 2.45) is 11.7 Å². The van der Waals surface area contributed by atoms with Crippen molar-refractivity contribution in [3.8, 4) is 0 Å². The molecule has 0 saturated carbocycles. The van der Waals surface area contributed by atoms with Crippen LogP contribution in [-0.4, -0.2) is 66.0 Å². The minimum Gasteiger partial charge on any atom is -0.378 e. The van der Waals surface area contributed by atoms with Gasteiger partial charge in [-0.2, -0.15) is 0 Å². The van der Waals surface area contributed by atoms with Crippen LogP contribution in [0.1, 0.15) is 37.7 Å². The Morgan fingerprint density at radius 1 is 1.00 bits per heavy atom. The Balaban J connectivity index is 1.35. The van der Waals surface area contributed by atoms with E-state index in [0.717, 1.165) is 18.9 Å². The van der Waals surface area contributed by atoms with Gasteiger partial charge in [-0.25, -0.2) is 13.2 Å². The van der Waals surface area contributed by atoms with Crippen LogP contribution in [-0.2, 0) is 20.7 Å². The van der Waals surface area contributed by atoms with E-state index in [-0.39, 0.29) is 48.2 Å². The molecule has 2 amide bonds. The van der Waals surface area contributed by atoms with Crippen LogP contribution >= 0.6 is 0 Å². The number of ether oxygens (including phenoxy) is 1. The Hall–Kier alpha value is -2.13. The van der Waals surface area contributed by atoms with E-state index in [9.17, 15) is 22.8 Å². The summed E-state index contributed by atoms with van der Waals surface area (Å²) in [6, 6.07) is 1.02. The number of fused-ring (bicyclic) bond motifs is 2. The minimum absolute atomic E-state index is 0.00888. The van der Waals surface area contributed by atoms with Crippen LogP contribution in [0.25, 0.3) is 0 Å². The lowest BCUT2D eigenvalue weighted by molar-refractivity contribution is -0.145. The highest BCUT2D eigenvalue weighted by Gasteiger charge is 2.45. The number of piperidine rings is 1. The lowest BCUT2D eigenvalue weighted by Gasteiger charge is -2.41. The number of nitrogens with zero attached hydrogens (tertiary/aromatic N) is 2. The number of halogens is 3. The first kappa shape index (κ1) is 22.1. The lowest BCUT2D eigenvalue weighted by Crippen LogP contribution is -2.51. The van der Waals surface area contributed by atoms with Gasteiger partial charge < -0.3 is 20.3 Å². The van der Waals surface area contributed by atoms with Gasteiger partial charge in [0, 0.05) is 37.3 Å². The predicted molar refractivity (Wildman–Crippen MR) is 106 cm³/mol. The van der Waals surface area contributed by atoms with Crippen LogP contribution in [0.2, 0.25) is 0 Å². The smallest absolute Gasteiger partial charge is 0.232 e. The fourth-order valence-corrected chi connectivity index (χ4v) is 5.26.